The van der Waals surface area contributed by atoms with Crippen LogP contribution in [0.4, 0.5) is 0 Å². The fraction of sp³-hybridized carbons (Fsp3) is 0.400. The van der Waals surface area contributed by atoms with Crippen LogP contribution in [0.25, 0.3) is 0 Å². The van der Waals surface area contributed by atoms with Crippen molar-refractivity contribution in [1.29, 1.82) is 0 Å². The molecule has 0 bridgehead atoms. The molecule has 0 unspecified atom stereocenters. The number of hydrogen-bond acceptors (Lipinski definition) is 1. The van der Waals surface area contributed by atoms with Gasteiger partial charge in [0.2, 0.25) is 0 Å². The second-order valence-corrected chi connectivity index (χ2v) is 3.28. The average molecular weight is 148 g/mol. The van der Waals surface area contributed by atoms with Gasteiger partial charge in [0.05, 0.1) is 6.10 Å². The molecule has 1 aromatic rings. The van der Waals surface area contributed by atoms with Gasteiger partial charge in [0.25, 0.3) is 0 Å². The first-order chi connectivity index (χ1) is 5.29. The zero-order valence-corrected chi connectivity index (χ0v) is 6.62. The molecule has 2 atom stereocenters. The molecule has 0 radical (unpaired) electrons. The Bertz CT molecular complexity index is 240. The summed E-state index contributed by atoms with van der Waals surface area (Å²) in [5.41, 5.74) is 2.44. The van der Waals surface area contributed by atoms with Crippen LogP contribution in [0.2, 0.25) is 0 Å². The fourth-order valence-corrected chi connectivity index (χ4v) is 1.85. The Kier molecular flexibility index (Phi) is 1.46. The largest absolute Gasteiger partial charge is 0.388 e. The molecular formula is C10H12O. The number of benzene rings is 1. The zero-order valence-electron chi connectivity index (χ0n) is 6.62. The van der Waals surface area contributed by atoms with E-state index in [0.29, 0.717) is 5.92 Å². The molecule has 58 valence electrons. The topological polar surface area (TPSA) is 20.2 Å². The quantitative estimate of drug-likeness (QED) is 0.598. The summed E-state index contributed by atoms with van der Waals surface area (Å²) in [5, 5.41) is 9.55. The molecule has 0 fully saturated rings. The summed E-state index contributed by atoms with van der Waals surface area (Å²) in [5.74, 6) is 0.529. The summed E-state index contributed by atoms with van der Waals surface area (Å²) >= 11 is 0. The number of aliphatic hydroxyl groups is 1. The first-order valence-corrected chi connectivity index (χ1v) is 4.06. The van der Waals surface area contributed by atoms with Crippen LogP contribution in [0, 0.1) is 0 Å². The molecule has 0 aromatic heterocycles. The van der Waals surface area contributed by atoms with E-state index in [1.807, 2.05) is 18.2 Å². The smallest absolute Gasteiger partial charge is 0.0798 e. The van der Waals surface area contributed by atoms with Gasteiger partial charge in [0.15, 0.2) is 0 Å². The molecule has 1 N–H and O–H groups in total. The Morgan fingerprint density at radius 2 is 1.91 bits per heavy atom. The minimum Gasteiger partial charge on any atom is -0.388 e. The van der Waals surface area contributed by atoms with Crippen LogP contribution in [-0.4, -0.2) is 5.11 Å². The lowest BCUT2D eigenvalue weighted by Gasteiger charge is -2.01. The van der Waals surface area contributed by atoms with Crippen LogP contribution in [0.15, 0.2) is 24.3 Å². The minimum atomic E-state index is -0.221. The van der Waals surface area contributed by atoms with Crippen molar-refractivity contribution in [2.75, 3.05) is 0 Å². The Morgan fingerprint density at radius 3 is 2.55 bits per heavy atom. The summed E-state index contributed by atoms with van der Waals surface area (Å²) in [4.78, 5) is 0. The van der Waals surface area contributed by atoms with Gasteiger partial charge in [-0.15, -0.1) is 0 Å². The van der Waals surface area contributed by atoms with Crippen molar-refractivity contribution in [3.05, 3.63) is 35.4 Å². The third kappa shape index (κ3) is 0.962. The summed E-state index contributed by atoms with van der Waals surface area (Å²) in [6.45, 7) is 2.16. The maximum absolute atomic E-state index is 9.55. The summed E-state index contributed by atoms with van der Waals surface area (Å²) in [6, 6.07) is 8.15. The normalized spacial score (nSPS) is 28.5. The Labute approximate surface area is 66.7 Å². The van der Waals surface area contributed by atoms with E-state index < -0.39 is 0 Å². The predicted octanol–water partition coefficient (Wildman–Crippen LogP) is 2.23. The van der Waals surface area contributed by atoms with Gasteiger partial charge in [0.1, 0.15) is 0 Å². The number of rotatable bonds is 0. The van der Waals surface area contributed by atoms with Crippen LogP contribution in [0.1, 0.15) is 36.5 Å². The maximum Gasteiger partial charge on any atom is 0.0798 e. The third-order valence-electron chi connectivity index (χ3n) is 2.46. The van der Waals surface area contributed by atoms with E-state index in [1.165, 1.54) is 5.56 Å². The summed E-state index contributed by atoms with van der Waals surface area (Å²) < 4.78 is 0. The van der Waals surface area contributed by atoms with Crippen LogP contribution in [-0.2, 0) is 0 Å². The van der Waals surface area contributed by atoms with E-state index in [0.717, 1.165) is 12.0 Å². The fourth-order valence-electron chi connectivity index (χ4n) is 1.85. The van der Waals surface area contributed by atoms with Crippen molar-refractivity contribution in [2.45, 2.75) is 25.4 Å². The molecule has 0 heterocycles. The van der Waals surface area contributed by atoms with Gasteiger partial charge < -0.3 is 5.11 Å². The van der Waals surface area contributed by atoms with Crippen molar-refractivity contribution in [3.8, 4) is 0 Å². The molecule has 1 heteroatoms. The molecule has 1 nitrogen and oxygen atoms in total. The average Bonchev–Trinajstić information content (AvgIpc) is 2.30. The van der Waals surface area contributed by atoms with E-state index in [1.54, 1.807) is 0 Å². The van der Waals surface area contributed by atoms with Crippen LogP contribution in [0.3, 0.4) is 0 Å². The monoisotopic (exact) mass is 148 g/mol. The molecule has 1 aliphatic rings. The molecule has 1 aromatic carbocycles. The van der Waals surface area contributed by atoms with Crippen molar-refractivity contribution >= 4 is 0 Å². The highest BCUT2D eigenvalue weighted by atomic mass is 16.3. The van der Waals surface area contributed by atoms with E-state index in [-0.39, 0.29) is 6.10 Å². The third-order valence-corrected chi connectivity index (χ3v) is 2.46. The standard InChI is InChI=1S/C10H12O/c1-7-6-10(11)9-5-3-2-4-8(7)9/h2-5,7,10-11H,6H2,1H3/t7-,10-/m0/s1. The molecule has 11 heavy (non-hydrogen) atoms. The number of hydrogen-bond donors (Lipinski definition) is 1. The van der Waals surface area contributed by atoms with Gasteiger partial charge in [-0.2, -0.15) is 0 Å². The van der Waals surface area contributed by atoms with Crippen LogP contribution in [0.5, 0.6) is 0 Å². The van der Waals surface area contributed by atoms with Gasteiger partial charge in [-0.1, -0.05) is 31.2 Å². The van der Waals surface area contributed by atoms with Gasteiger partial charge in [-0.25, -0.2) is 0 Å². The second-order valence-electron chi connectivity index (χ2n) is 3.28. The van der Waals surface area contributed by atoms with Gasteiger partial charge in [0, 0.05) is 0 Å². The first-order valence-electron chi connectivity index (χ1n) is 4.06. The van der Waals surface area contributed by atoms with E-state index in [4.69, 9.17) is 0 Å². The molecule has 1 aliphatic carbocycles. The van der Waals surface area contributed by atoms with Crippen molar-refractivity contribution in [2.24, 2.45) is 0 Å². The Morgan fingerprint density at radius 1 is 1.27 bits per heavy atom. The van der Waals surface area contributed by atoms with Crippen LogP contribution < -0.4 is 0 Å². The molecule has 0 saturated carbocycles. The van der Waals surface area contributed by atoms with Crippen molar-refractivity contribution in [3.63, 3.8) is 0 Å². The lowest BCUT2D eigenvalue weighted by atomic mass is 10.0. The highest BCUT2D eigenvalue weighted by Gasteiger charge is 2.25. The maximum atomic E-state index is 9.55. The minimum absolute atomic E-state index is 0.221. The summed E-state index contributed by atoms with van der Waals surface area (Å²) in [7, 11) is 0. The second kappa shape index (κ2) is 2.35. The predicted molar refractivity (Wildman–Crippen MR) is 44.4 cm³/mol. The molecular weight excluding hydrogens is 136 g/mol. The first kappa shape index (κ1) is 6.86. The van der Waals surface area contributed by atoms with Gasteiger partial charge in [-0.3, -0.25) is 0 Å². The van der Waals surface area contributed by atoms with E-state index >= 15 is 0 Å². The molecule has 0 aliphatic heterocycles. The van der Waals surface area contributed by atoms with E-state index in [9.17, 15) is 5.11 Å². The lowest BCUT2D eigenvalue weighted by molar-refractivity contribution is 0.174. The molecule has 2 rings (SSSR count). The van der Waals surface area contributed by atoms with Crippen LogP contribution >= 0.6 is 0 Å². The number of fused-ring (bicyclic) bond motifs is 1. The Hall–Kier alpha value is -0.820. The van der Waals surface area contributed by atoms with E-state index in [2.05, 4.69) is 13.0 Å². The Balaban J connectivity index is 2.52. The van der Waals surface area contributed by atoms with Gasteiger partial charge >= 0.3 is 0 Å². The molecule has 0 spiro atoms. The van der Waals surface area contributed by atoms with Gasteiger partial charge in [-0.05, 0) is 23.5 Å². The number of aliphatic hydroxyl groups excluding tert-OH is 1. The molecule has 0 amide bonds. The SMILES string of the molecule is C[C@H]1C[C@H](O)c2ccccc21. The lowest BCUT2D eigenvalue weighted by Crippen LogP contribution is -1.88. The highest BCUT2D eigenvalue weighted by Crippen LogP contribution is 2.39. The molecule has 0 saturated heterocycles. The van der Waals surface area contributed by atoms with Crippen molar-refractivity contribution in [1.82, 2.24) is 0 Å². The zero-order chi connectivity index (χ0) is 7.84. The van der Waals surface area contributed by atoms with Crippen molar-refractivity contribution < 1.29 is 5.11 Å². The summed E-state index contributed by atoms with van der Waals surface area (Å²) in [6.07, 6.45) is 0.667. The highest BCUT2D eigenvalue weighted by molar-refractivity contribution is 5.36.